The quantitative estimate of drug-likeness (QED) is 0.567. The van der Waals surface area contributed by atoms with Gasteiger partial charge < -0.3 is 0 Å². The first kappa shape index (κ1) is 19.7. The largest absolute Gasteiger partial charge is 0.459 e. The Morgan fingerprint density at radius 1 is 1.14 bits per heavy atom. The van der Waals surface area contributed by atoms with Gasteiger partial charge in [0.15, 0.2) is 12.4 Å². The number of aryl methyl sites for hydroxylation is 2. The van der Waals surface area contributed by atoms with Crippen molar-refractivity contribution in [1.29, 1.82) is 0 Å². The topological polar surface area (TPSA) is 3.88 Å². The second-order valence-electron chi connectivity index (χ2n) is 4.39. The molecule has 0 atom stereocenters. The summed E-state index contributed by atoms with van der Waals surface area (Å²) in [5, 5.41) is 0. The van der Waals surface area contributed by atoms with E-state index in [4.69, 9.17) is 0 Å². The molecule has 0 aliphatic heterocycles. The summed E-state index contributed by atoms with van der Waals surface area (Å²) >= 11 is 0. The maximum Gasteiger partial charge on any atom is 0.459 e. The van der Waals surface area contributed by atoms with Gasteiger partial charge in [-0.2, -0.15) is 22.0 Å². The van der Waals surface area contributed by atoms with Crippen molar-refractivity contribution in [3.63, 3.8) is 0 Å². The molecule has 1 nitrogen and oxygen atoms in total. The highest BCUT2D eigenvalue weighted by Gasteiger charge is 2.64. The first-order valence-electron chi connectivity index (χ1n) is 6.20. The lowest BCUT2D eigenvalue weighted by atomic mass is 10.3. The highest BCUT2D eigenvalue weighted by molar-refractivity contribution is 5.01. The van der Waals surface area contributed by atoms with Crippen molar-refractivity contribution < 1.29 is 35.3 Å². The molecule has 0 spiro atoms. The molecule has 0 saturated carbocycles. The van der Waals surface area contributed by atoms with E-state index in [9.17, 15) is 30.7 Å². The summed E-state index contributed by atoms with van der Waals surface area (Å²) in [5.74, 6) is -5.90. The number of hydrogen-bond donors (Lipinski definition) is 0. The van der Waals surface area contributed by atoms with Crippen LogP contribution in [-0.2, 0) is 6.54 Å². The second kappa shape index (κ2) is 8.19. The predicted molar refractivity (Wildman–Crippen MR) is 63.3 cm³/mol. The molecule has 0 fully saturated rings. The molecule has 122 valence electrons. The molecular formula is C13H17F7N+. The van der Waals surface area contributed by atoms with Crippen LogP contribution in [0.5, 0.6) is 0 Å². The SMILES string of the molecule is CCCC[n+]1cccc(C)c1.FC(F)C(F)(F)C(F)(F)F. The third-order valence-corrected chi connectivity index (χ3v) is 2.43. The Kier molecular flexibility index (Phi) is 7.67. The van der Waals surface area contributed by atoms with E-state index in [-0.39, 0.29) is 0 Å². The van der Waals surface area contributed by atoms with Gasteiger partial charge in [0.25, 0.3) is 0 Å². The van der Waals surface area contributed by atoms with Crippen LogP contribution >= 0.6 is 0 Å². The van der Waals surface area contributed by atoms with E-state index in [1.165, 1.54) is 18.4 Å². The lowest BCUT2D eigenvalue weighted by Gasteiger charge is -2.17. The molecule has 1 rings (SSSR count). The molecule has 21 heavy (non-hydrogen) atoms. The van der Waals surface area contributed by atoms with Crippen LogP contribution in [0.3, 0.4) is 0 Å². The van der Waals surface area contributed by atoms with Gasteiger partial charge in [-0.3, -0.25) is 0 Å². The normalized spacial score (nSPS) is 12.1. The average molecular weight is 320 g/mol. The van der Waals surface area contributed by atoms with Crippen LogP contribution in [0.25, 0.3) is 0 Å². The van der Waals surface area contributed by atoms with Crippen LogP contribution < -0.4 is 4.57 Å². The molecular weight excluding hydrogens is 303 g/mol. The van der Waals surface area contributed by atoms with Crippen molar-refractivity contribution in [1.82, 2.24) is 0 Å². The zero-order chi connectivity index (χ0) is 16.7. The van der Waals surface area contributed by atoms with E-state index in [0.717, 1.165) is 6.54 Å². The smallest absolute Gasteiger partial charge is 0.205 e. The number of unbranched alkanes of at least 4 members (excludes halogenated alkanes) is 1. The lowest BCUT2D eigenvalue weighted by Crippen LogP contribution is -2.42. The minimum Gasteiger partial charge on any atom is -0.205 e. The van der Waals surface area contributed by atoms with Gasteiger partial charge in [-0.25, -0.2) is 13.3 Å². The maximum atomic E-state index is 11.2. The fourth-order valence-corrected chi connectivity index (χ4v) is 1.26. The van der Waals surface area contributed by atoms with Gasteiger partial charge in [0.2, 0.25) is 0 Å². The number of hydrogen-bond acceptors (Lipinski definition) is 0. The minimum absolute atomic E-state index is 1.15. The van der Waals surface area contributed by atoms with Crippen LogP contribution in [0.2, 0.25) is 0 Å². The molecule has 8 heteroatoms. The fourth-order valence-electron chi connectivity index (χ4n) is 1.26. The molecule has 1 aromatic heterocycles. The van der Waals surface area contributed by atoms with Gasteiger partial charge in [-0.15, -0.1) is 0 Å². The predicted octanol–water partition coefficient (Wildman–Crippen LogP) is 4.53. The Morgan fingerprint density at radius 2 is 1.71 bits per heavy atom. The van der Waals surface area contributed by atoms with E-state index in [1.807, 2.05) is 0 Å². The number of halogens is 7. The number of aromatic nitrogens is 1. The van der Waals surface area contributed by atoms with E-state index in [0.29, 0.717) is 0 Å². The van der Waals surface area contributed by atoms with Crippen LogP contribution in [0.1, 0.15) is 25.3 Å². The maximum absolute atomic E-state index is 11.2. The van der Waals surface area contributed by atoms with Gasteiger partial charge in [0, 0.05) is 18.1 Å². The van der Waals surface area contributed by atoms with Gasteiger partial charge in [-0.05, 0) is 13.0 Å². The molecule has 1 heterocycles. The summed E-state index contributed by atoms with van der Waals surface area (Å²) in [6, 6.07) is 4.23. The lowest BCUT2D eigenvalue weighted by molar-refractivity contribution is -0.697. The van der Waals surface area contributed by atoms with Crippen molar-refractivity contribution >= 4 is 0 Å². The molecule has 0 bridgehead atoms. The summed E-state index contributed by atoms with van der Waals surface area (Å²) in [4.78, 5) is 0. The first-order valence-corrected chi connectivity index (χ1v) is 6.20. The summed E-state index contributed by atoms with van der Waals surface area (Å²) < 4.78 is 78.8. The summed E-state index contributed by atoms with van der Waals surface area (Å²) in [5.41, 5.74) is 1.34. The summed E-state index contributed by atoms with van der Waals surface area (Å²) in [6.07, 6.45) is -4.01. The van der Waals surface area contributed by atoms with Crippen molar-refractivity contribution in [3.8, 4) is 0 Å². The Hall–Kier alpha value is -1.34. The van der Waals surface area contributed by atoms with Gasteiger partial charge >= 0.3 is 18.5 Å². The molecule has 1 aromatic rings. The fraction of sp³-hybridized carbons (Fsp3) is 0.615. The molecule has 0 saturated heterocycles. The van der Waals surface area contributed by atoms with Gasteiger partial charge in [0.1, 0.15) is 6.54 Å². The van der Waals surface area contributed by atoms with E-state index in [2.05, 4.69) is 42.9 Å². The monoisotopic (exact) mass is 320 g/mol. The Morgan fingerprint density at radius 3 is 2.05 bits per heavy atom. The summed E-state index contributed by atoms with van der Waals surface area (Å²) in [6.45, 7) is 5.50. The molecule has 0 unspecified atom stereocenters. The standard InChI is InChI=1S/C10H16N.C3HF7/c1-3-4-7-11-8-5-6-10(2)9-11;4-1(5)2(6,7)3(8,9)10/h5-6,8-9H,3-4,7H2,1-2H3;1H/q+1;. The molecule has 0 radical (unpaired) electrons. The Bertz CT molecular complexity index is 415. The minimum atomic E-state index is -6.17. The zero-order valence-corrected chi connectivity index (χ0v) is 11.6. The first-order chi connectivity index (χ1) is 9.52. The second-order valence-corrected chi connectivity index (χ2v) is 4.39. The Labute approximate surface area is 118 Å². The zero-order valence-electron chi connectivity index (χ0n) is 11.6. The highest BCUT2D eigenvalue weighted by Crippen LogP contribution is 2.39. The van der Waals surface area contributed by atoms with E-state index < -0.39 is 18.5 Å². The molecule has 0 N–H and O–H groups in total. The number of rotatable bonds is 4. The van der Waals surface area contributed by atoms with E-state index in [1.54, 1.807) is 0 Å². The average Bonchev–Trinajstić information content (AvgIpc) is 2.35. The molecule has 0 aliphatic carbocycles. The van der Waals surface area contributed by atoms with Crippen molar-refractivity contribution in [2.75, 3.05) is 0 Å². The van der Waals surface area contributed by atoms with E-state index >= 15 is 0 Å². The van der Waals surface area contributed by atoms with Gasteiger partial charge in [0.05, 0.1) is 0 Å². The number of pyridine rings is 1. The van der Waals surface area contributed by atoms with Crippen molar-refractivity contribution in [2.24, 2.45) is 0 Å². The summed E-state index contributed by atoms with van der Waals surface area (Å²) in [7, 11) is 0. The third kappa shape index (κ3) is 6.77. The molecule has 0 aromatic carbocycles. The Balaban J connectivity index is 0.000000384. The molecule has 0 aliphatic rings. The highest BCUT2D eigenvalue weighted by atomic mass is 19.4. The van der Waals surface area contributed by atoms with Crippen LogP contribution in [0, 0.1) is 6.92 Å². The number of alkyl halides is 7. The number of nitrogens with zero attached hydrogens (tertiary/aromatic N) is 1. The van der Waals surface area contributed by atoms with Gasteiger partial charge in [-0.1, -0.05) is 13.3 Å². The van der Waals surface area contributed by atoms with Crippen molar-refractivity contribution in [2.45, 2.75) is 51.8 Å². The third-order valence-electron chi connectivity index (χ3n) is 2.43. The van der Waals surface area contributed by atoms with Crippen LogP contribution in [0.4, 0.5) is 30.7 Å². The van der Waals surface area contributed by atoms with Crippen LogP contribution in [-0.4, -0.2) is 18.5 Å². The molecule has 0 amide bonds. The van der Waals surface area contributed by atoms with Crippen molar-refractivity contribution in [3.05, 3.63) is 30.1 Å². The van der Waals surface area contributed by atoms with Crippen LogP contribution in [0.15, 0.2) is 24.5 Å².